The summed E-state index contributed by atoms with van der Waals surface area (Å²) in [5.74, 6) is 7.66. The molecule has 23 heavy (non-hydrogen) atoms. The first-order valence-corrected chi connectivity index (χ1v) is 8.49. The molecule has 4 rings (SSSR count). The fourth-order valence-corrected chi connectivity index (χ4v) is 3.28. The Bertz CT molecular complexity index is 881. The highest BCUT2D eigenvalue weighted by Crippen LogP contribution is 2.36. The molecule has 0 bridgehead atoms. The van der Waals surface area contributed by atoms with E-state index in [-0.39, 0.29) is 0 Å². The summed E-state index contributed by atoms with van der Waals surface area (Å²) >= 11 is 1.63. The standard InChI is InChI=1S/C17H15N5S/c1-11-5-6-14(17-19-21-22-20-17)9-13(11)7-8-16-18-15(10-23-16)12-3-2-4-12/h5-6,9-10,12H,2-4H2,1H3,(H,19,20,21,22). The zero-order valence-corrected chi connectivity index (χ0v) is 13.5. The Morgan fingerprint density at radius 3 is 2.91 bits per heavy atom. The van der Waals surface area contributed by atoms with Crippen molar-refractivity contribution in [1.29, 1.82) is 0 Å². The predicted octanol–water partition coefficient (Wildman–Crippen LogP) is 3.30. The summed E-state index contributed by atoms with van der Waals surface area (Å²) in [6, 6.07) is 5.99. The molecule has 6 heteroatoms. The molecule has 0 unspecified atom stereocenters. The van der Waals surface area contributed by atoms with Gasteiger partial charge in [0.2, 0.25) is 5.82 Å². The highest BCUT2D eigenvalue weighted by molar-refractivity contribution is 7.10. The Kier molecular flexibility index (Phi) is 3.64. The lowest BCUT2D eigenvalue weighted by atomic mass is 9.83. The second kappa shape index (κ2) is 5.94. The number of thiazole rings is 1. The molecule has 5 nitrogen and oxygen atoms in total. The fraction of sp³-hybridized carbons (Fsp3) is 0.294. The summed E-state index contributed by atoms with van der Waals surface area (Å²) in [4.78, 5) is 4.65. The monoisotopic (exact) mass is 321 g/mol. The Hall–Kier alpha value is -2.52. The second-order valence-corrected chi connectivity index (χ2v) is 6.58. The van der Waals surface area contributed by atoms with Crippen LogP contribution in [-0.4, -0.2) is 25.6 Å². The lowest BCUT2D eigenvalue weighted by Crippen LogP contribution is -2.08. The van der Waals surface area contributed by atoms with E-state index < -0.39 is 0 Å². The van der Waals surface area contributed by atoms with E-state index in [0.717, 1.165) is 21.7 Å². The number of tetrazole rings is 1. The smallest absolute Gasteiger partial charge is 0.204 e. The number of H-pyrrole nitrogens is 1. The molecule has 0 amide bonds. The number of aromatic amines is 1. The molecule has 2 heterocycles. The maximum Gasteiger partial charge on any atom is 0.204 e. The molecule has 2 aromatic heterocycles. The van der Waals surface area contributed by atoms with Crippen molar-refractivity contribution in [2.24, 2.45) is 0 Å². The van der Waals surface area contributed by atoms with Gasteiger partial charge in [-0.2, -0.15) is 5.21 Å². The normalized spacial score (nSPS) is 14.1. The minimum atomic E-state index is 0.578. The second-order valence-electron chi connectivity index (χ2n) is 5.72. The van der Waals surface area contributed by atoms with Crippen molar-refractivity contribution in [2.45, 2.75) is 32.1 Å². The molecule has 1 aliphatic rings. The number of benzene rings is 1. The SMILES string of the molecule is Cc1ccc(-c2nn[nH]n2)cc1C#Cc1nc(C2CCC2)cs1. The van der Waals surface area contributed by atoms with Crippen molar-refractivity contribution in [3.8, 4) is 23.2 Å². The average molecular weight is 321 g/mol. The van der Waals surface area contributed by atoms with Gasteiger partial charge in [0.15, 0.2) is 5.01 Å². The van der Waals surface area contributed by atoms with Crippen LogP contribution in [-0.2, 0) is 0 Å². The van der Waals surface area contributed by atoms with Gasteiger partial charge in [0.1, 0.15) is 0 Å². The van der Waals surface area contributed by atoms with Gasteiger partial charge in [-0.15, -0.1) is 21.5 Å². The third-order valence-electron chi connectivity index (χ3n) is 4.19. The van der Waals surface area contributed by atoms with E-state index in [2.05, 4.69) is 42.8 Å². The molecule has 0 radical (unpaired) electrons. The first-order chi connectivity index (χ1) is 11.3. The zero-order valence-electron chi connectivity index (χ0n) is 12.7. The zero-order chi connectivity index (χ0) is 15.6. The van der Waals surface area contributed by atoms with E-state index in [4.69, 9.17) is 0 Å². The largest absolute Gasteiger partial charge is 0.232 e. The van der Waals surface area contributed by atoms with Gasteiger partial charge < -0.3 is 0 Å². The Balaban J connectivity index is 1.61. The van der Waals surface area contributed by atoms with Crippen molar-refractivity contribution in [3.05, 3.63) is 45.4 Å². The third-order valence-corrected chi connectivity index (χ3v) is 4.97. The summed E-state index contributed by atoms with van der Waals surface area (Å²) in [6.07, 6.45) is 3.86. The van der Waals surface area contributed by atoms with Crippen LogP contribution < -0.4 is 0 Å². The number of nitrogens with one attached hydrogen (secondary N) is 1. The van der Waals surface area contributed by atoms with E-state index in [1.54, 1.807) is 11.3 Å². The maximum atomic E-state index is 4.65. The van der Waals surface area contributed by atoms with E-state index in [9.17, 15) is 0 Å². The first kappa shape index (κ1) is 14.1. The number of hydrogen-bond acceptors (Lipinski definition) is 5. The van der Waals surface area contributed by atoms with Crippen LogP contribution in [0.3, 0.4) is 0 Å². The Morgan fingerprint density at radius 1 is 1.26 bits per heavy atom. The van der Waals surface area contributed by atoms with E-state index in [0.29, 0.717) is 11.7 Å². The molecule has 1 aliphatic carbocycles. The number of hydrogen-bond donors (Lipinski definition) is 1. The molecular formula is C17H15N5S. The predicted molar refractivity (Wildman–Crippen MR) is 89.0 cm³/mol. The third kappa shape index (κ3) is 2.88. The van der Waals surface area contributed by atoms with Crippen molar-refractivity contribution in [1.82, 2.24) is 25.6 Å². The highest BCUT2D eigenvalue weighted by Gasteiger charge is 2.21. The summed E-state index contributed by atoms with van der Waals surface area (Å²) in [6.45, 7) is 2.05. The van der Waals surface area contributed by atoms with Gasteiger partial charge in [0.05, 0.1) is 5.69 Å². The minimum Gasteiger partial charge on any atom is -0.232 e. The molecule has 3 aromatic rings. The molecule has 1 aromatic carbocycles. The van der Waals surface area contributed by atoms with Gasteiger partial charge in [-0.25, -0.2) is 4.98 Å². The van der Waals surface area contributed by atoms with Crippen LogP contribution in [0.15, 0.2) is 23.6 Å². The molecule has 1 N–H and O–H groups in total. The number of aromatic nitrogens is 5. The maximum absolute atomic E-state index is 4.65. The fourth-order valence-electron chi connectivity index (χ4n) is 2.54. The van der Waals surface area contributed by atoms with E-state index >= 15 is 0 Å². The number of aryl methyl sites for hydroxylation is 1. The molecule has 0 atom stereocenters. The van der Waals surface area contributed by atoms with Crippen LogP contribution in [0.1, 0.15) is 47.0 Å². The molecular weight excluding hydrogens is 306 g/mol. The van der Waals surface area contributed by atoms with Crippen LogP contribution >= 0.6 is 11.3 Å². The quantitative estimate of drug-likeness (QED) is 0.735. The van der Waals surface area contributed by atoms with E-state index in [1.807, 2.05) is 25.1 Å². The highest BCUT2D eigenvalue weighted by atomic mass is 32.1. The molecule has 1 fully saturated rings. The molecule has 1 saturated carbocycles. The lowest BCUT2D eigenvalue weighted by molar-refractivity contribution is 0.412. The summed E-state index contributed by atoms with van der Waals surface area (Å²) in [5.41, 5.74) is 4.21. The molecule has 0 aliphatic heterocycles. The van der Waals surface area contributed by atoms with Gasteiger partial charge in [-0.3, -0.25) is 0 Å². The first-order valence-electron chi connectivity index (χ1n) is 7.61. The van der Waals surface area contributed by atoms with Crippen LogP contribution in [0.2, 0.25) is 0 Å². The average Bonchev–Trinajstić information content (AvgIpc) is 3.16. The van der Waals surface area contributed by atoms with Crippen LogP contribution in [0.25, 0.3) is 11.4 Å². The van der Waals surface area contributed by atoms with Gasteiger partial charge in [-0.1, -0.05) is 24.5 Å². The summed E-state index contributed by atoms with van der Waals surface area (Å²) in [5, 5.41) is 17.1. The van der Waals surface area contributed by atoms with Gasteiger partial charge in [-0.05, 0) is 42.5 Å². The Morgan fingerprint density at radius 2 is 2.17 bits per heavy atom. The van der Waals surface area contributed by atoms with Crippen LogP contribution in [0.5, 0.6) is 0 Å². The summed E-state index contributed by atoms with van der Waals surface area (Å²) in [7, 11) is 0. The molecule has 0 spiro atoms. The molecule has 0 saturated heterocycles. The van der Waals surface area contributed by atoms with Gasteiger partial charge in [0.25, 0.3) is 0 Å². The van der Waals surface area contributed by atoms with E-state index in [1.165, 1.54) is 25.0 Å². The van der Waals surface area contributed by atoms with Crippen molar-refractivity contribution in [3.63, 3.8) is 0 Å². The van der Waals surface area contributed by atoms with Crippen LogP contribution in [0.4, 0.5) is 0 Å². The van der Waals surface area contributed by atoms with Gasteiger partial charge in [0, 0.05) is 22.4 Å². The van der Waals surface area contributed by atoms with Crippen molar-refractivity contribution >= 4 is 11.3 Å². The number of nitrogens with zero attached hydrogens (tertiary/aromatic N) is 4. The molecule has 114 valence electrons. The van der Waals surface area contributed by atoms with Crippen molar-refractivity contribution in [2.75, 3.05) is 0 Å². The topological polar surface area (TPSA) is 67.3 Å². The van der Waals surface area contributed by atoms with Crippen LogP contribution in [0, 0.1) is 18.8 Å². The lowest BCUT2D eigenvalue weighted by Gasteiger charge is -2.22. The summed E-state index contributed by atoms with van der Waals surface area (Å²) < 4.78 is 0. The number of rotatable bonds is 2. The van der Waals surface area contributed by atoms with Gasteiger partial charge >= 0.3 is 0 Å². The minimum absolute atomic E-state index is 0.578. The Labute approximate surface area is 138 Å². The van der Waals surface area contributed by atoms with Crippen molar-refractivity contribution < 1.29 is 0 Å².